The van der Waals surface area contributed by atoms with Crippen LogP contribution in [0.15, 0.2) is 0 Å². The molecule has 0 saturated carbocycles. The molecule has 0 aromatic rings. The number of carbonyl (C=O) groups excluding carboxylic acids is 1. The SMILES string of the molecule is CC(=O)C1OC1P(=O)(OC(C)C)OC(C)C. The monoisotopic (exact) mass is 250 g/mol. The van der Waals surface area contributed by atoms with Gasteiger partial charge in [0, 0.05) is 0 Å². The largest absolute Gasteiger partial charge is 0.362 e. The van der Waals surface area contributed by atoms with Gasteiger partial charge in [-0.15, -0.1) is 0 Å². The molecule has 0 aromatic carbocycles. The number of carbonyl (C=O) groups is 1. The molecule has 2 atom stereocenters. The van der Waals surface area contributed by atoms with E-state index in [1.165, 1.54) is 6.92 Å². The Labute approximate surface area is 96.0 Å². The maximum absolute atomic E-state index is 12.4. The van der Waals surface area contributed by atoms with Gasteiger partial charge in [0.15, 0.2) is 17.7 Å². The fourth-order valence-corrected chi connectivity index (χ4v) is 3.66. The van der Waals surface area contributed by atoms with Crippen LogP contribution in [0.25, 0.3) is 0 Å². The van der Waals surface area contributed by atoms with E-state index in [0.29, 0.717) is 0 Å². The van der Waals surface area contributed by atoms with Crippen molar-refractivity contribution in [2.24, 2.45) is 0 Å². The molecule has 1 aliphatic rings. The van der Waals surface area contributed by atoms with E-state index in [9.17, 15) is 9.36 Å². The molecular formula is C10H19O5P. The Kier molecular flexibility index (Phi) is 4.29. The summed E-state index contributed by atoms with van der Waals surface area (Å²) in [5.74, 6) is -0.875. The summed E-state index contributed by atoms with van der Waals surface area (Å²) in [4.78, 5) is 11.1. The molecule has 1 rings (SSSR count). The zero-order valence-electron chi connectivity index (χ0n) is 10.3. The van der Waals surface area contributed by atoms with Gasteiger partial charge in [-0.2, -0.15) is 0 Å². The summed E-state index contributed by atoms with van der Waals surface area (Å²) in [7, 11) is -3.35. The summed E-state index contributed by atoms with van der Waals surface area (Å²) in [6.45, 7) is 8.46. The second-order valence-corrected chi connectivity index (χ2v) is 6.42. The molecule has 6 heteroatoms. The first-order chi connectivity index (χ1) is 7.26. The van der Waals surface area contributed by atoms with E-state index in [-0.39, 0.29) is 18.0 Å². The van der Waals surface area contributed by atoms with Crippen LogP contribution in [0.2, 0.25) is 0 Å². The zero-order valence-corrected chi connectivity index (χ0v) is 11.2. The molecule has 0 radical (unpaired) electrons. The summed E-state index contributed by atoms with van der Waals surface area (Å²) < 4.78 is 28.1. The van der Waals surface area contributed by atoms with Gasteiger partial charge in [-0.3, -0.25) is 9.36 Å². The molecule has 5 nitrogen and oxygen atoms in total. The maximum atomic E-state index is 12.4. The molecule has 2 unspecified atom stereocenters. The van der Waals surface area contributed by atoms with Crippen LogP contribution in [0.5, 0.6) is 0 Å². The molecule has 0 bridgehead atoms. The Morgan fingerprint density at radius 3 is 1.88 bits per heavy atom. The van der Waals surface area contributed by atoms with Crippen molar-refractivity contribution in [2.45, 2.75) is 58.8 Å². The lowest BCUT2D eigenvalue weighted by Gasteiger charge is -2.21. The highest BCUT2D eigenvalue weighted by Crippen LogP contribution is 2.62. The molecular weight excluding hydrogens is 231 g/mol. The molecule has 16 heavy (non-hydrogen) atoms. The molecule has 0 aromatic heterocycles. The van der Waals surface area contributed by atoms with Crippen molar-refractivity contribution >= 4 is 13.4 Å². The van der Waals surface area contributed by atoms with Gasteiger partial charge in [-0.1, -0.05) is 0 Å². The van der Waals surface area contributed by atoms with Crippen LogP contribution in [0.3, 0.4) is 0 Å². The van der Waals surface area contributed by atoms with Crippen LogP contribution in [-0.2, 0) is 23.1 Å². The molecule has 0 aliphatic carbocycles. The molecule has 1 aliphatic heterocycles. The van der Waals surface area contributed by atoms with Crippen LogP contribution in [0.4, 0.5) is 0 Å². The predicted molar refractivity (Wildman–Crippen MR) is 59.4 cm³/mol. The third kappa shape index (κ3) is 3.39. The van der Waals surface area contributed by atoms with Crippen molar-refractivity contribution in [2.75, 3.05) is 0 Å². The number of ketones is 1. The van der Waals surface area contributed by atoms with Gasteiger partial charge >= 0.3 is 7.60 Å². The highest BCUT2D eigenvalue weighted by atomic mass is 31.2. The van der Waals surface area contributed by atoms with E-state index in [4.69, 9.17) is 13.8 Å². The Hall–Kier alpha value is -0.220. The van der Waals surface area contributed by atoms with Crippen molar-refractivity contribution < 1.29 is 23.1 Å². The second-order valence-electron chi connectivity index (χ2n) is 4.41. The topological polar surface area (TPSA) is 65.1 Å². The first kappa shape index (κ1) is 13.8. The van der Waals surface area contributed by atoms with Crippen molar-refractivity contribution in [1.82, 2.24) is 0 Å². The standard InChI is InChI=1S/C10H19O5P/c1-6(2)14-16(12,15-7(3)4)10-9(13-10)8(5)11/h6-7,9-10H,1-5H3. The van der Waals surface area contributed by atoms with Crippen molar-refractivity contribution in [1.29, 1.82) is 0 Å². The van der Waals surface area contributed by atoms with Gasteiger partial charge in [-0.05, 0) is 34.6 Å². The number of hydrogen-bond donors (Lipinski definition) is 0. The lowest BCUT2D eigenvalue weighted by Crippen LogP contribution is -2.14. The minimum absolute atomic E-state index is 0.148. The van der Waals surface area contributed by atoms with Crippen LogP contribution < -0.4 is 0 Å². The van der Waals surface area contributed by atoms with E-state index in [1.807, 2.05) is 0 Å². The second kappa shape index (κ2) is 4.96. The number of Topliss-reactive ketones (excluding diaryl/α,β-unsaturated/α-hetero) is 1. The van der Waals surface area contributed by atoms with E-state index in [1.54, 1.807) is 27.7 Å². The van der Waals surface area contributed by atoms with Gasteiger partial charge in [0.2, 0.25) is 0 Å². The Bertz CT molecular complexity index is 298. The minimum atomic E-state index is -3.35. The summed E-state index contributed by atoms with van der Waals surface area (Å²) >= 11 is 0. The van der Waals surface area contributed by atoms with Crippen LogP contribution in [0.1, 0.15) is 34.6 Å². The smallest absolute Gasteiger partial charge is 0.348 e. The number of hydrogen-bond acceptors (Lipinski definition) is 5. The van der Waals surface area contributed by atoms with E-state index in [0.717, 1.165) is 0 Å². The Balaban J connectivity index is 2.73. The quantitative estimate of drug-likeness (QED) is 0.534. The van der Waals surface area contributed by atoms with Crippen LogP contribution in [0, 0.1) is 0 Å². The summed E-state index contributed by atoms with van der Waals surface area (Å²) in [5, 5.41) is 0. The van der Waals surface area contributed by atoms with Crippen LogP contribution >= 0.6 is 7.60 Å². The Morgan fingerprint density at radius 2 is 1.62 bits per heavy atom. The first-order valence-electron chi connectivity index (χ1n) is 5.38. The van der Waals surface area contributed by atoms with Gasteiger partial charge in [0.05, 0.1) is 12.2 Å². The molecule has 0 N–H and O–H groups in total. The molecule has 0 amide bonds. The summed E-state index contributed by atoms with van der Waals surface area (Å²) in [6, 6.07) is 0. The Morgan fingerprint density at radius 1 is 1.19 bits per heavy atom. The van der Waals surface area contributed by atoms with Crippen molar-refractivity contribution in [3.05, 3.63) is 0 Å². The van der Waals surface area contributed by atoms with Gasteiger partial charge in [0.1, 0.15) is 0 Å². The normalized spacial score (nSPS) is 25.2. The third-order valence-corrected chi connectivity index (χ3v) is 4.34. The maximum Gasteiger partial charge on any atom is 0.362 e. The molecule has 0 spiro atoms. The number of epoxide rings is 1. The molecule has 94 valence electrons. The zero-order chi connectivity index (χ0) is 12.5. The highest BCUT2D eigenvalue weighted by molar-refractivity contribution is 7.55. The number of rotatable bonds is 6. The molecule has 1 fully saturated rings. The lowest BCUT2D eigenvalue weighted by molar-refractivity contribution is -0.118. The fourth-order valence-electron chi connectivity index (χ4n) is 1.37. The predicted octanol–water partition coefficient (Wildman–Crippen LogP) is 2.34. The lowest BCUT2D eigenvalue weighted by atomic mass is 10.3. The highest BCUT2D eigenvalue weighted by Gasteiger charge is 2.58. The molecule has 1 saturated heterocycles. The van der Waals surface area contributed by atoms with Gasteiger partial charge < -0.3 is 13.8 Å². The first-order valence-corrected chi connectivity index (χ1v) is 7.00. The van der Waals surface area contributed by atoms with E-state index < -0.39 is 19.5 Å². The molecule has 1 heterocycles. The average molecular weight is 250 g/mol. The third-order valence-electron chi connectivity index (χ3n) is 1.90. The van der Waals surface area contributed by atoms with Gasteiger partial charge in [0.25, 0.3) is 0 Å². The summed E-state index contributed by atoms with van der Waals surface area (Å²) in [5.41, 5.74) is 0. The van der Waals surface area contributed by atoms with E-state index >= 15 is 0 Å². The fraction of sp³-hybridized carbons (Fsp3) is 0.900. The van der Waals surface area contributed by atoms with Gasteiger partial charge in [-0.25, -0.2) is 0 Å². The van der Waals surface area contributed by atoms with Crippen LogP contribution in [-0.4, -0.2) is 29.9 Å². The summed E-state index contributed by atoms with van der Waals surface area (Å²) in [6.07, 6.45) is -1.11. The van der Waals surface area contributed by atoms with Crippen molar-refractivity contribution in [3.8, 4) is 0 Å². The average Bonchev–Trinajstić information content (AvgIpc) is 2.77. The number of ether oxygens (including phenoxy) is 1. The minimum Gasteiger partial charge on any atom is -0.348 e. The van der Waals surface area contributed by atoms with Crippen molar-refractivity contribution in [3.63, 3.8) is 0 Å². The van der Waals surface area contributed by atoms with E-state index in [2.05, 4.69) is 0 Å².